The van der Waals surface area contributed by atoms with Gasteiger partial charge in [0.05, 0.1) is 12.0 Å². The van der Waals surface area contributed by atoms with E-state index in [2.05, 4.69) is 23.3 Å². The van der Waals surface area contributed by atoms with Gasteiger partial charge >= 0.3 is 11.9 Å². The Balaban J connectivity index is 1.81. The average Bonchev–Trinajstić information content (AvgIpc) is 3.49. The fourth-order valence-corrected chi connectivity index (χ4v) is 3.55. The number of aromatic nitrogens is 1. The van der Waals surface area contributed by atoms with Crippen LogP contribution >= 0.6 is 12.6 Å². The Morgan fingerprint density at radius 2 is 1.79 bits per heavy atom. The summed E-state index contributed by atoms with van der Waals surface area (Å²) in [5.74, 6) is -2.97. The number of carboxylic acid groups (broad SMARTS) is 2. The van der Waals surface area contributed by atoms with Crippen molar-refractivity contribution in [1.82, 2.24) is 15.2 Å². The standard InChI is InChI=1S/C22H30N4O7S/c23-14(21(29)30)8-9-19(27)24-16(13-34)20(28)25-15(22(31)32)5-1-2-10-26-11-3-6-17(26)18-7-4-12-33-18/h3-4,6-7,11-12,14-16,34H,1-2,5,8-10,13,23H2,(H,24,27)(H,25,28)(H,29,30)(H,31,32). The normalized spacial score (nSPS) is 13.6. The van der Waals surface area contributed by atoms with Crippen LogP contribution < -0.4 is 16.4 Å². The molecule has 0 aliphatic rings. The van der Waals surface area contributed by atoms with Crippen molar-refractivity contribution in [3.8, 4) is 11.5 Å². The van der Waals surface area contributed by atoms with Crippen molar-refractivity contribution >= 4 is 36.4 Å². The summed E-state index contributed by atoms with van der Waals surface area (Å²) in [6.07, 6.45) is 4.65. The molecule has 0 aliphatic heterocycles. The number of furan rings is 1. The van der Waals surface area contributed by atoms with Crippen LogP contribution in [0.25, 0.3) is 11.5 Å². The van der Waals surface area contributed by atoms with Gasteiger partial charge in [0, 0.05) is 24.9 Å². The zero-order chi connectivity index (χ0) is 25.1. The number of nitrogens with one attached hydrogen (secondary N) is 2. The number of nitrogens with zero attached hydrogens (tertiary/aromatic N) is 1. The molecule has 12 heteroatoms. The van der Waals surface area contributed by atoms with Gasteiger partial charge in [-0.25, -0.2) is 4.79 Å². The Labute approximate surface area is 202 Å². The number of carboxylic acids is 2. The SMILES string of the molecule is NC(CCC(=O)NC(CS)C(=O)NC(CCCCn1cccc1-c1ccco1)C(=O)O)C(=O)O. The quantitative estimate of drug-likeness (QED) is 0.157. The molecule has 34 heavy (non-hydrogen) atoms. The molecular weight excluding hydrogens is 464 g/mol. The Hall–Kier alpha value is -3.25. The molecule has 0 aliphatic carbocycles. The highest BCUT2D eigenvalue weighted by Crippen LogP contribution is 2.21. The van der Waals surface area contributed by atoms with Gasteiger partial charge in [0.15, 0.2) is 0 Å². The minimum absolute atomic E-state index is 0.0575. The van der Waals surface area contributed by atoms with E-state index >= 15 is 0 Å². The minimum Gasteiger partial charge on any atom is -0.480 e. The Bertz CT molecular complexity index is 960. The number of aliphatic carboxylic acids is 2. The molecule has 3 unspecified atom stereocenters. The lowest BCUT2D eigenvalue weighted by atomic mass is 10.1. The second kappa shape index (κ2) is 13.5. The van der Waals surface area contributed by atoms with Gasteiger partial charge in [-0.2, -0.15) is 12.6 Å². The number of aryl methyl sites for hydroxylation is 1. The third kappa shape index (κ3) is 8.27. The van der Waals surface area contributed by atoms with Crippen molar-refractivity contribution in [3.05, 3.63) is 36.7 Å². The van der Waals surface area contributed by atoms with E-state index in [0.717, 1.165) is 11.5 Å². The van der Waals surface area contributed by atoms with Gasteiger partial charge in [-0.1, -0.05) is 0 Å². The Morgan fingerprint density at radius 1 is 1.03 bits per heavy atom. The maximum absolute atomic E-state index is 12.5. The van der Waals surface area contributed by atoms with Crippen molar-refractivity contribution in [2.24, 2.45) is 5.73 Å². The van der Waals surface area contributed by atoms with Crippen molar-refractivity contribution < 1.29 is 33.8 Å². The lowest BCUT2D eigenvalue weighted by molar-refractivity contribution is -0.142. The van der Waals surface area contributed by atoms with Crippen molar-refractivity contribution in [2.45, 2.75) is 56.8 Å². The van der Waals surface area contributed by atoms with Gasteiger partial charge in [0.25, 0.3) is 0 Å². The molecule has 2 aromatic heterocycles. The van der Waals surface area contributed by atoms with Crippen molar-refractivity contribution in [3.63, 3.8) is 0 Å². The molecule has 2 heterocycles. The minimum atomic E-state index is -1.23. The summed E-state index contributed by atoms with van der Waals surface area (Å²) in [5, 5.41) is 23.1. The van der Waals surface area contributed by atoms with E-state index in [1.54, 1.807) is 12.3 Å². The highest BCUT2D eigenvalue weighted by molar-refractivity contribution is 7.80. The molecule has 0 spiro atoms. The van der Waals surface area contributed by atoms with E-state index in [4.69, 9.17) is 15.3 Å². The molecule has 6 N–H and O–H groups in total. The summed E-state index contributed by atoms with van der Waals surface area (Å²) in [5.41, 5.74) is 6.28. The number of carbonyl (C=O) groups excluding carboxylic acids is 2. The first-order valence-electron chi connectivity index (χ1n) is 10.8. The number of unbranched alkanes of at least 4 members (excludes halogenated alkanes) is 1. The molecule has 186 valence electrons. The maximum atomic E-state index is 12.5. The fraction of sp³-hybridized carbons (Fsp3) is 0.455. The first kappa shape index (κ1) is 27.0. The third-order valence-corrected chi connectivity index (χ3v) is 5.56. The lowest BCUT2D eigenvalue weighted by Crippen LogP contribution is -2.52. The van der Waals surface area contributed by atoms with Gasteiger partial charge in [-0.15, -0.1) is 0 Å². The summed E-state index contributed by atoms with van der Waals surface area (Å²) in [6, 6.07) is 4.12. The van der Waals surface area contributed by atoms with Gasteiger partial charge in [0.1, 0.15) is 23.9 Å². The lowest BCUT2D eigenvalue weighted by Gasteiger charge is -2.20. The molecule has 0 saturated carbocycles. The molecular formula is C22H30N4O7S. The predicted octanol–water partition coefficient (Wildman–Crippen LogP) is 1.09. The summed E-state index contributed by atoms with van der Waals surface area (Å²) in [7, 11) is 0. The molecule has 0 fully saturated rings. The highest BCUT2D eigenvalue weighted by atomic mass is 32.1. The van der Waals surface area contributed by atoms with Crippen LogP contribution in [-0.4, -0.2) is 62.4 Å². The van der Waals surface area contributed by atoms with Crippen LogP contribution in [0.5, 0.6) is 0 Å². The topological polar surface area (TPSA) is 177 Å². The van der Waals surface area contributed by atoms with Crippen LogP contribution in [0.3, 0.4) is 0 Å². The first-order chi connectivity index (χ1) is 16.2. The van der Waals surface area contributed by atoms with Crippen LogP contribution in [0.1, 0.15) is 32.1 Å². The molecule has 2 aromatic rings. The molecule has 0 saturated heterocycles. The first-order valence-corrected chi connectivity index (χ1v) is 11.5. The Morgan fingerprint density at radius 3 is 2.41 bits per heavy atom. The molecule has 2 amide bonds. The number of carbonyl (C=O) groups is 4. The van der Waals surface area contributed by atoms with Gasteiger partial charge in [0.2, 0.25) is 11.8 Å². The molecule has 0 radical (unpaired) electrons. The number of hydrogen-bond donors (Lipinski definition) is 6. The molecule has 0 aromatic carbocycles. The zero-order valence-corrected chi connectivity index (χ0v) is 19.4. The highest BCUT2D eigenvalue weighted by Gasteiger charge is 2.26. The number of thiol groups is 1. The van der Waals surface area contributed by atoms with Gasteiger partial charge in [-0.05, 0) is 49.9 Å². The van der Waals surface area contributed by atoms with Crippen LogP contribution in [-0.2, 0) is 25.7 Å². The van der Waals surface area contributed by atoms with Gasteiger partial charge < -0.3 is 35.6 Å². The van der Waals surface area contributed by atoms with E-state index < -0.39 is 41.9 Å². The Kier molecular flexibility index (Phi) is 10.7. The number of rotatable bonds is 15. The summed E-state index contributed by atoms with van der Waals surface area (Å²) >= 11 is 4.05. The van der Waals surface area contributed by atoms with Crippen LogP contribution in [0.15, 0.2) is 41.1 Å². The molecule has 0 bridgehead atoms. The summed E-state index contributed by atoms with van der Waals surface area (Å²) < 4.78 is 7.43. The average molecular weight is 495 g/mol. The zero-order valence-electron chi connectivity index (χ0n) is 18.6. The van der Waals surface area contributed by atoms with Crippen molar-refractivity contribution in [2.75, 3.05) is 5.75 Å². The van der Waals surface area contributed by atoms with Gasteiger partial charge in [-0.3, -0.25) is 14.4 Å². The summed E-state index contributed by atoms with van der Waals surface area (Å²) in [6.45, 7) is 0.650. The molecule has 3 atom stereocenters. The maximum Gasteiger partial charge on any atom is 0.326 e. The van der Waals surface area contributed by atoms with E-state index in [-0.39, 0.29) is 25.0 Å². The van der Waals surface area contributed by atoms with Crippen LogP contribution in [0.4, 0.5) is 0 Å². The van der Waals surface area contributed by atoms with Crippen LogP contribution in [0, 0.1) is 0 Å². The molecule has 11 nitrogen and oxygen atoms in total. The third-order valence-electron chi connectivity index (χ3n) is 5.19. The number of amides is 2. The number of hydrogen-bond acceptors (Lipinski definition) is 7. The van der Waals surface area contributed by atoms with E-state index in [1.165, 1.54) is 0 Å². The number of nitrogens with two attached hydrogens (primary N) is 1. The fourth-order valence-electron chi connectivity index (χ4n) is 3.29. The smallest absolute Gasteiger partial charge is 0.326 e. The monoisotopic (exact) mass is 494 g/mol. The summed E-state index contributed by atoms with van der Waals surface area (Å²) in [4.78, 5) is 46.9. The van der Waals surface area contributed by atoms with E-state index in [1.807, 2.05) is 29.0 Å². The van der Waals surface area contributed by atoms with E-state index in [0.29, 0.717) is 19.4 Å². The van der Waals surface area contributed by atoms with Crippen molar-refractivity contribution in [1.29, 1.82) is 0 Å². The second-order valence-electron chi connectivity index (χ2n) is 7.75. The molecule has 2 rings (SSSR count). The predicted molar refractivity (Wildman–Crippen MR) is 126 cm³/mol. The largest absolute Gasteiger partial charge is 0.480 e. The second-order valence-corrected chi connectivity index (χ2v) is 8.11. The van der Waals surface area contributed by atoms with Crippen LogP contribution in [0.2, 0.25) is 0 Å². The van der Waals surface area contributed by atoms with E-state index in [9.17, 15) is 24.3 Å².